The highest BCUT2D eigenvalue weighted by Crippen LogP contribution is 2.37. The monoisotopic (exact) mass is 330 g/mol. The molecule has 1 saturated heterocycles. The molecule has 1 aliphatic heterocycles. The molecule has 0 aliphatic carbocycles. The molecule has 1 N–H and O–H groups in total. The Labute approximate surface area is 140 Å². The predicted molar refractivity (Wildman–Crippen MR) is 91.6 cm³/mol. The molecular weight excluding hydrogens is 308 g/mol. The highest BCUT2D eigenvalue weighted by Gasteiger charge is 2.34. The number of likely N-dealkylation sites (tertiary alicyclic amines) is 1. The fourth-order valence-electron chi connectivity index (χ4n) is 2.92. The number of thiazole rings is 1. The molecular formula is C17H22N4OS. The number of aromatic nitrogens is 2. The van der Waals surface area contributed by atoms with E-state index in [4.69, 9.17) is 0 Å². The first-order valence-electron chi connectivity index (χ1n) is 7.91. The van der Waals surface area contributed by atoms with Crippen molar-refractivity contribution in [1.29, 1.82) is 0 Å². The average Bonchev–Trinajstić information content (AvgIpc) is 3.08. The van der Waals surface area contributed by atoms with Gasteiger partial charge in [0.1, 0.15) is 4.88 Å². The molecule has 1 amide bonds. The van der Waals surface area contributed by atoms with E-state index < -0.39 is 0 Å². The molecule has 0 saturated carbocycles. The lowest BCUT2D eigenvalue weighted by Crippen LogP contribution is -2.40. The number of amides is 1. The standard InChI is InChI=1S/C17H22N4OS/c1-17(16-20-11-14(23-16)15(22)18-2)6-9-21(10-7-17)12-13-5-3-4-8-19-13/h3-5,8,11H,6-7,9-10,12H2,1-2H3,(H,18,22). The zero-order chi connectivity index (χ0) is 16.3. The number of piperidine rings is 1. The number of hydrogen-bond donors (Lipinski definition) is 1. The molecule has 0 bridgehead atoms. The maximum atomic E-state index is 11.7. The number of nitrogens with one attached hydrogen (secondary N) is 1. The van der Waals surface area contributed by atoms with Gasteiger partial charge in [-0.3, -0.25) is 14.7 Å². The molecule has 0 aromatic carbocycles. The predicted octanol–water partition coefficient (Wildman–Crippen LogP) is 2.45. The van der Waals surface area contributed by atoms with Crippen molar-refractivity contribution in [2.24, 2.45) is 0 Å². The summed E-state index contributed by atoms with van der Waals surface area (Å²) in [5.41, 5.74) is 1.18. The first kappa shape index (κ1) is 16.1. The van der Waals surface area contributed by atoms with Gasteiger partial charge in [0.15, 0.2) is 0 Å². The lowest BCUT2D eigenvalue weighted by atomic mass is 9.81. The third-order valence-electron chi connectivity index (χ3n) is 4.54. The van der Waals surface area contributed by atoms with Crippen LogP contribution in [0.15, 0.2) is 30.6 Å². The Hall–Kier alpha value is -1.79. The van der Waals surface area contributed by atoms with Crippen molar-refractivity contribution in [2.75, 3.05) is 20.1 Å². The van der Waals surface area contributed by atoms with Gasteiger partial charge >= 0.3 is 0 Å². The molecule has 2 aromatic rings. The van der Waals surface area contributed by atoms with E-state index in [0.717, 1.165) is 43.2 Å². The summed E-state index contributed by atoms with van der Waals surface area (Å²) in [7, 11) is 1.65. The van der Waals surface area contributed by atoms with Crippen LogP contribution in [-0.4, -0.2) is 40.9 Å². The summed E-state index contributed by atoms with van der Waals surface area (Å²) < 4.78 is 0. The van der Waals surface area contributed by atoms with E-state index in [9.17, 15) is 4.79 Å². The van der Waals surface area contributed by atoms with Crippen LogP contribution in [0.4, 0.5) is 0 Å². The van der Waals surface area contributed by atoms with Gasteiger partial charge < -0.3 is 5.32 Å². The fourth-order valence-corrected chi connectivity index (χ4v) is 3.99. The van der Waals surface area contributed by atoms with Crippen LogP contribution in [0.1, 0.15) is 40.1 Å². The van der Waals surface area contributed by atoms with Gasteiger partial charge in [0, 0.05) is 25.2 Å². The van der Waals surface area contributed by atoms with Crippen molar-refractivity contribution < 1.29 is 4.79 Å². The first-order chi connectivity index (χ1) is 11.1. The molecule has 0 unspecified atom stereocenters. The Morgan fingerprint density at radius 1 is 1.35 bits per heavy atom. The van der Waals surface area contributed by atoms with E-state index in [1.807, 2.05) is 18.3 Å². The summed E-state index contributed by atoms with van der Waals surface area (Å²) >= 11 is 1.52. The van der Waals surface area contributed by atoms with Crippen LogP contribution in [-0.2, 0) is 12.0 Å². The number of nitrogens with zero attached hydrogens (tertiary/aromatic N) is 3. The molecule has 1 fully saturated rings. The lowest BCUT2D eigenvalue weighted by Gasteiger charge is -2.38. The van der Waals surface area contributed by atoms with E-state index in [-0.39, 0.29) is 11.3 Å². The molecule has 6 heteroatoms. The van der Waals surface area contributed by atoms with Crippen LogP contribution < -0.4 is 5.32 Å². The highest BCUT2D eigenvalue weighted by atomic mass is 32.1. The molecule has 3 heterocycles. The SMILES string of the molecule is CNC(=O)c1cnc(C2(C)CCN(Cc3ccccn3)CC2)s1. The molecule has 0 radical (unpaired) electrons. The van der Waals surface area contributed by atoms with Gasteiger partial charge in [0.25, 0.3) is 5.91 Å². The van der Waals surface area contributed by atoms with Crippen LogP contribution in [0.25, 0.3) is 0 Å². The molecule has 23 heavy (non-hydrogen) atoms. The zero-order valence-electron chi connectivity index (χ0n) is 13.6. The Bertz CT molecular complexity index is 662. The number of carbonyl (C=O) groups excluding carboxylic acids is 1. The molecule has 122 valence electrons. The average molecular weight is 330 g/mol. The fraction of sp³-hybridized carbons (Fsp3) is 0.471. The number of hydrogen-bond acceptors (Lipinski definition) is 5. The van der Waals surface area contributed by atoms with Crippen LogP contribution >= 0.6 is 11.3 Å². The summed E-state index contributed by atoms with van der Waals surface area (Å²) in [4.78, 5) is 23.8. The first-order valence-corrected chi connectivity index (χ1v) is 8.73. The second-order valence-electron chi connectivity index (χ2n) is 6.27. The van der Waals surface area contributed by atoms with Crippen LogP contribution in [0.5, 0.6) is 0 Å². The van der Waals surface area contributed by atoms with Crippen molar-refractivity contribution in [3.05, 3.63) is 46.2 Å². The second kappa shape index (κ2) is 6.76. The third kappa shape index (κ3) is 3.59. The second-order valence-corrected chi connectivity index (χ2v) is 7.30. The van der Waals surface area contributed by atoms with Crippen molar-refractivity contribution in [3.8, 4) is 0 Å². The maximum absolute atomic E-state index is 11.7. The van der Waals surface area contributed by atoms with Crippen molar-refractivity contribution in [2.45, 2.75) is 31.7 Å². The summed E-state index contributed by atoms with van der Waals surface area (Å²) in [6.45, 7) is 5.22. The quantitative estimate of drug-likeness (QED) is 0.935. The van der Waals surface area contributed by atoms with Gasteiger partial charge in [0.05, 0.1) is 16.9 Å². The largest absolute Gasteiger partial charge is 0.354 e. The Morgan fingerprint density at radius 3 is 2.78 bits per heavy atom. The molecule has 1 aliphatic rings. The number of pyridine rings is 1. The number of carbonyl (C=O) groups is 1. The summed E-state index contributed by atoms with van der Waals surface area (Å²) in [6, 6.07) is 6.06. The number of rotatable bonds is 4. The zero-order valence-corrected chi connectivity index (χ0v) is 14.4. The van der Waals surface area contributed by atoms with Crippen molar-refractivity contribution >= 4 is 17.2 Å². The van der Waals surface area contributed by atoms with E-state index in [1.54, 1.807) is 13.2 Å². The third-order valence-corrected chi connectivity index (χ3v) is 5.85. The molecule has 2 aromatic heterocycles. The van der Waals surface area contributed by atoms with Crippen LogP contribution in [0.2, 0.25) is 0 Å². The van der Waals surface area contributed by atoms with Gasteiger partial charge in [-0.15, -0.1) is 11.3 Å². The van der Waals surface area contributed by atoms with Crippen molar-refractivity contribution in [1.82, 2.24) is 20.2 Å². The highest BCUT2D eigenvalue weighted by molar-refractivity contribution is 7.13. The van der Waals surface area contributed by atoms with E-state index in [1.165, 1.54) is 11.3 Å². The van der Waals surface area contributed by atoms with Crippen LogP contribution in [0, 0.1) is 0 Å². The van der Waals surface area contributed by atoms with Gasteiger partial charge in [0.2, 0.25) is 0 Å². The van der Waals surface area contributed by atoms with E-state index >= 15 is 0 Å². The smallest absolute Gasteiger partial charge is 0.262 e. The van der Waals surface area contributed by atoms with Crippen LogP contribution in [0.3, 0.4) is 0 Å². The molecule has 5 nitrogen and oxygen atoms in total. The van der Waals surface area contributed by atoms with Gasteiger partial charge in [-0.1, -0.05) is 13.0 Å². The summed E-state index contributed by atoms with van der Waals surface area (Å²) in [6.07, 6.45) is 5.66. The van der Waals surface area contributed by atoms with Gasteiger partial charge in [-0.2, -0.15) is 0 Å². The summed E-state index contributed by atoms with van der Waals surface area (Å²) in [5, 5.41) is 3.74. The molecule has 0 spiro atoms. The minimum atomic E-state index is -0.0510. The molecule has 0 atom stereocenters. The Kier molecular flexibility index (Phi) is 4.73. The Morgan fingerprint density at radius 2 is 2.13 bits per heavy atom. The van der Waals surface area contributed by atoms with Gasteiger partial charge in [-0.05, 0) is 38.1 Å². The van der Waals surface area contributed by atoms with Gasteiger partial charge in [-0.25, -0.2) is 4.98 Å². The van der Waals surface area contributed by atoms with E-state index in [2.05, 4.69) is 33.2 Å². The lowest BCUT2D eigenvalue weighted by molar-refractivity contribution is 0.0967. The topological polar surface area (TPSA) is 58.1 Å². The summed E-state index contributed by atoms with van der Waals surface area (Å²) in [5.74, 6) is -0.0510. The van der Waals surface area contributed by atoms with E-state index in [0.29, 0.717) is 4.88 Å². The Balaban J connectivity index is 1.63. The minimum Gasteiger partial charge on any atom is -0.354 e. The van der Waals surface area contributed by atoms with Crippen molar-refractivity contribution in [3.63, 3.8) is 0 Å². The normalized spacial score (nSPS) is 17.8. The maximum Gasteiger partial charge on any atom is 0.262 e. The minimum absolute atomic E-state index is 0.0510. The molecule has 3 rings (SSSR count).